The molecule has 1 aromatic carbocycles. The Kier molecular flexibility index (Phi) is 5.73. The highest BCUT2D eigenvalue weighted by atomic mass is 19.1. The van der Waals surface area contributed by atoms with Gasteiger partial charge in [0.2, 0.25) is 5.91 Å². The van der Waals surface area contributed by atoms with Crippen molar-refractivity contribution >= 4 is 23.3 Å². The van der Waals surface area contributed by atoms with Gasteiger partial charge in [-0.1, -0.05) is 6.07 Å². The molecule has 6 nitrogen and oxygen atoms in total. The molecule has 0 spiro atoms. The summed E-state index contributed by atoms with van der Waals surface area (Å²) >= 11 is 0. The van der Waals surface area contributed by atoms with Gasteiger partial charge in [-0.05, 0) is 49.7 Å². The maximum absolute atomic E-state index is 13.1. The van der Waals surface area contributed by atoms with Crippen LogP contribution in [0.2, 0.25) is 0 Å². The largest absolute Gasteiger partial charge is 0.310 e. The lowest BCUT2D eigenvalue weighted by Crippen LogP contribution is -2.21. The fourth-order valence-corrected chi connectivity index (χ4v) is 1.90. The molecule has 2 amide bonds. The van der Waals surface area contributed by atoms with Crippen LogP contribution in [-0.4, -0.2) is 22.5 Å². The minimum atomic E-state index is -0.547. The summed E-state index contributed by atoms with van der Waals surface area (Å²) in [7, 11) is 0. The number of carbonyl (C=O) groups is 2. The molecule has 1 heterocycles. The van der Waals surface area contributed by atoms with Gasteiger partial charge in [0, 0.05) is 17.5 Å². The minimum absolute atomic E-state index is 0.000940. The molecular weight excluding hydrogens is 311 g/mol. The Hall–Kier alpha value is -3.09. The molecule has 0 fully saturated rings. The number of hydrogen-bond acceptors (Lipinski definition) is 4. The van der Waals surface area contributed by atoms with Crippen LogP contribution >= 0.6 is 0 Å². The first-order valence-corrected chi connectivity index (χ1v) is 7.25. The van der Waals surface area contributed by atoms with Crippen LogP contribution in [0.4, 0.5) is 10.2 Å². The van der Waals surface area contributed by atoms with Gasteiger partial charge in [-0.3, -0.25) is 9.59 Å². The van der Waals surface area contributed by atoms with E-state index in [1.54, 1.807) is 19.2 Å². The van der Waals surface area contributed by atoms with Gasteiger partial charge in [-0.2, -0.15) is 5.10 Å². The molecule has 24 heavy (non-hydrogen) atoms. The van der Waals surface area contributed by atoms with Crippen molar-refractivity contribution in [2.45, 2.75) is 20.3 Å². The zero-order valence-electron chi connectivity index (χ0n) is 13.3. The van der Waals surface area contributed by atoms with Crippen LogP contribution in [0, 0.1) is 12.7 Å². The quantitative estimate of drug-likeness (QED) is 0.654. The Morgan fingerprint density at radius 2 is 2.04 bits per heavy atom. The first kappa shape index (κ1) is 17.3. The van der Waals surface area contributed by atoms with E-state index in [0.717, 1.165) is 11.6 Å². The molecule has 0 aliphatic heterocycles. The molecule has 124 valence electrons. The maximum atomic E-state index is 13.1. The lowest BCUT2D eigenvalue weighted by atomic mass is 10.2. The molecule has 0 bridgehead atoms. The van der Waals surface area contributed by atoms with Crippen molar-refractivity contribution in [3.05, 3.63) is 59.5 Å². The number of nitrogens with zero attached hydrogens (tertiary/aromatic N) is 2. The van der Waals surface area contributed by atoms with Gasteiger partial charge in [0.25, 0.3) is 5.91 Å². The Morgan fingerprint density at radius 3 is 2.75 bits per heavy atom. The number of rotatable bonds is 5. The Balaban J connectivity index is 1.89. The van der Waals surface area contributed by atoms with E-state index in [1.807, 2.05) is 13.0 Å². The topological polar surface area (TPSA) is 83.4 Å². The molecule has 0 unspecified atom stereocenters. The summed E-state index contributed by atoms with van der Waals surface area (Å²) in [5.41, 5.74) is 3.83. The van der Waals surface area contributed by atoms with Crippen LogP contribution in [0.1, 0.15) is 29.3 Å². The molecule has 0 aliphatic rings. The number of anilines is 1. The van der Waals surface area contributed by atoms with Gasteiger partial charge in [0.15, 0.2) is 0 Å². The third kappa shape index (κ3) is 5.28. The van der Waals surface area contributed by atoms with Gasteiger partial charge in [0.1, 0.15) is 11.6 Å². The van der Waals surface area contributed by atoms with Crippen molar-refractivity contribution in [2.75, 3.05) is 5.32 Å². The predicted octanol–water partition coefficient (Wildman–Crippen LogP) is 2.66. The minimum Gasteiger partial charge on any atom is -0.310 e. The van der Waals surface area contributed by atoms with Crippen LogP contribution in [0.3, 0.4) is 0 Å². The Bertz CT molecular complexity index is 790. The normalized spacial score (nSPS) is 11.0. The van der Waals surface area contributed by atoms with Crippen molar-refractivity contribution in [1.82, 2.24) is 10.4 Å². The number of aromatic nitrogens is 1. The summed E-state index contributed by atoms with van der Waals surface area (Å²) < 4.78 is 13.1. The monoisotopic (exact) mass is 328 g/mol. The van der Waals surface area contributed by atoms with Gasteiger partial charge < -0.3 is 5.32 Å². The number of aryl methyl sites for hydroxylation is 1. The second-order valence-electron chi connectivity index (χ2n) is 5.24. The van der Waals surface area contributed by atoms with Crippen molar-refractivity contribution in [3.8, 4) is 0 Å². The SMILES string of the molecule is C/C(CC(=O)Nc1cc(C)ccn1)=N\NC(=O)c1cccc(F)c1. The highest BCUT2D eigenvalue weighted by Gasteiger charge is 2.08. The number of carbonyl (C=O) groups excluding carboxylic acids is 2. The highest BCUT2D eigenvalue weighted by Crippen LogP contribution is 2.06. The van der Waals surface area contributed by atoms with Gasteiger partial charge >= 0.3 is 0 Å². The Morgan fingerprint density at radius 1 is 1.25 bits per heavy atom. The average Bonchev–Trinajstić information content (AvgIpc) is 2.52. The van der Waals surface area contributed by atoms with E-state index in [0.29, 0.717) is 11.5 Å². The van der Waals surface area contributed by atoms with Crippen LogP contribution in [0.5, 0.6) is 0 Å². The summed E-state index contributed by atoms with van der Waals surface area (Å²) in [6.45, 7) is 3.50. The van der Waals surface area contributed by atoms with Crippen molar-refractivity contribution in [2.24, 2.45) is 5.10 Å². The van der Waals surface area contributed by atoms with Gasteiger partial charge in [0.05, 0.1) is 6.42 Å². The molecule has 1 aromatic heterocycles. The van der Waals surface area contributed by atoms with Crippen LogP contribution in [-0.2, 0) is 4.79 Å². The fourth-order valence-electron chi connectivity index (χ4n) is 1.90. The third-order valence-electron chi connectivity index (χ3n) is 3.03. The second kappa shape index (κ2) is 7.96. The third-order valence-corrected chi connectivity index (χ3v) is 3.03. The first-order valence-electron chi connectivity index (χ1n) is 7.25. The lowest BCUT2D eigenvalue weighted by molar-refractivity contribution is -0.115. The number of hydrogen-bond donors (Lipinski definition) is 2. The smallest absolute Gasteiger partial charge is 0.271 e. The summed E-state index contributed by atoms with van der Waals surface area (Å²) in [4.78, 5) is 27.8. The van der Waals surface area contributed by atoms with Crippen molar-refractivity contribution in [3.63, 3.8) is 0 Å². The summed E-state index contributed by atoms with van der Waals surface area (Å²) in [6.07, 6.45) is 1.60. The number of hydrazone groups is 1. The lowest BCUT2D eigenvalue weighted by Gasteiger charge is -2.05. The molecule has 2 aromatic rings. The van der Waals surface area contributed by atoms with Gasteiger partial charge in [-0.25, -0.2) is 14.8 Å². The van der Waals surface area contributed by atoms with E-state index in [2.05, 4.69) is 20.8 Å². The van der Waals surface area contributed by atoms with Crippen molar-refractivity contribution in [1.29, 1.82) is 0 Å². The van der Waals surface area contributed by atoms with Crippen LogP contribution in [0.15, 0.2) is 47.7 Å². The average molecular weight is 328 g/mol. The maximum Gasteiger partial charge on any atom is 0.271 e. The highest BCUT2D eigenvalue weighted by molar-refractivity contribution is 6.05. The zero-order chi connectivity index (χ0) is 17.5. The van der Waals surface area contributed by atoms with E-state index < -0.39 is 11.7 Å². The number of amides is 2. The van der Waals surface area contributed by atoms with Crippen molar-refractivity contribution < 1.29 is 14.0 Å². The molecular formula is C17H17FN4O2. The first-order chi connectivity index (χ1) is 11.4. The molecule has 2 rings (SSSR count). The van der Waals surface area contributed by atoms with Crippen LogP contribution in [0.25, 0.3) is 0 Å². The standard InChI is InChI=1S/C17H17FN4O2/c1-11-6-7-19-15(8-11)20-16(23)9-12(2)21-22-17(24)13-4-3-5-14(18)10-13/h3-8,10H,9H2,1-2H3,(H,22,24)(H,19,20,23)/b21-12+. The predicted molar refractivity (Wildman–Crippen MR) is 89.2 cm³/mol. The summed E-state index contributed by atoms with van der Waals surface area (Å²) in [6, 6.07) is 8.83. The number of benzene rings is 1. The van der Waals surface area contributed by atoms with E-state index >= 15 is 0 Å². The van der Waals surface area contributed by atoms with Gasteiger partial charge in [-0.15, -0.1) is 0 Å². The van der Waals surface area contributed by atoms with E-state index in [4.69, 9.17) is 0 Å². The summed E-state index contributed by atoms with van der Waals surface area (Å²) in [5.74, 6) is -0.894. The molecule has 0 atom stereocenters. The Labute approximate surface area is 138 Å². The molecule has 7 heteroatoms. The molecule has 0 aliphatic carbocycles. The molecule has 0 saturated heterocycles. The zero-order valence-corrected chi connectivity index (χ0v) is 13.3. The second-order valence-corrected chi connectivity index (χ2v) is 5.24. The fraction of sp³-hybridized carbons (Fsp3) is 0.176. The summed E-state index contributed by atoms with van der Waals surface area (Å²) in [5, 5.41) is 6.49. The molecule has 0 saturated carbocycles. The molecule has 0 radical (unpaired) electrons. The number of pyridine rings is 1. The number of nitrogens with one attached hydrogen (secondary N) is 2. The number of halogens is 1. The van der Waals surface area contributed by atoms with E-state index in [-0.39, 0.29) is 17.9 Å². The van der Waals surface area contributed by atoms with E-state index in [9.17, 15) is 14.0 Å². The molecule has 2 N–H and O–H groups in total. The van der Waals surface area contributed by atoms with E-state index in [1.165, 1.54) is 18.2 Å². The van der Waals surface area contributed by atoms with Crippen LogP contribution < -0.4 is 10.7 Å².